The van der Waals surface area contributed by atoms with Crippen LogP contribution in [-0.2, 0) is 27.7 Å². The maximum absolute atomic E-state index is 12.6. The molecule has 0 saturated carbocycles. The number of hydrogen-bond donors (Lipinski definition) is 2. The fourth-order valence-electron chi connectivity index (χ4n) is 4.75. The van der Waals surface area contributed by atoms with Crippen LogP contribution < -0.4 is 10.2 Å². The van der Waals surface area contributed by atoms with Gasteiger partial charge in [-0.05, 0) is 47.6 Å². The van der Waals surface area contributed by atoms with Gasteiger partial charge in [0.15, 0.2) is 5.82 Å². The SMILES string of the molecule is COCC1(c2ccc(Cl)cc2)CCN(c2nc3c(c(N[C@@H](CO)C(C)C)n2)[S+]([O-])CC3)CC1. The highest BCUT2D eigenvalue weighted by Gasteiger charge is 2.39. The second kappa shape index (κ2) is 10.4. The molecule has 4 rings (SSSR count). The van der Waals surface area contributed by atoms with Crippen molar-refractivity contribution in [2.45, 2.75) is 49.5 Å². The van der Waals surface area contributed by atoms with Gasteiger partial charge in [0.25, 0.3) is 0 Å². The van der Waals surface area contributed by atoms with Crippen molar-refractivity contribution in [3.63, 3.8) is 0 Å². The van der Waals surface area contributed by atoms with Crippen LogP contribution in [0.5, 0.6) is 0 Å². The number of aliphatic hydroxyl groups excluding tert-OH is 1. The number of aryl methyl sites for hydroxylation is 1. The lowest BCUT2D eigenvalue weighted by Crippen LogP contribution is -2.46. The first-order valence-electron chi connectivity index (χ1n) is 11.5. The summed E-state index contributed by atoms with van der Waals surface area (Å²) in [5, 5.41) is 13.9. The molecule has 0 amide bonds. The third-order valence-electron chi connectivity index (χ3n) is 6.88. The molecule has 180 valence electrons. The monoisotopic (exact) mass is 492 g/mol. The summed E-state index contributed by atoms with van der Waals surface area (Å²) in [6.45, 7) is 6.31. The number of aromatic nitrogens is 2. The van der Waals surface area contributed by atoms with Crippen molar-refractivity contribution in [1.82, 2.24) is 9.97 Å². The van der Waals surface area contributed by atoms with Gasteiger partial charge in [-0.1, -0.05) is 37.6 Å². The maximum Gasteiger partial charge on any atom is 0.227 e. The first-order valence-corrected chi connectivity index (χ1v) is 13.2. The summed E-state index contributed by atoms with van der Waals surface area (Å²) >= 11 is 5.00. The Bertz CT molecular complexity index is 951. The number of methoxy groups -OCH3 is 1. The smallest absolute Gasteiger partial charge is 0.227 e. The predicted molar refractivity (Wildman–Crippen MR) is 133 cm³/mol. The molecule has 1 saturated heterocycles. The summed E-state index contributed by atoms with van der Waals surface area (Å²) in [4.78, 5) is 12.5. The zero-order valence-corrected chi connectivity index (χ0v) is 21.1. The highest BCUT2D eigenvalue weighted by Crippen LogP contribution is 2.39. The van der Waals surface area contributed by atoms with Crippen molar-refractivity contribution in [2.24, 2.45) is 5.92 Å². The topological polar surface area (TPSA) is 93.6 Å². The fraction of sp³-hybridized carbons (Fsp3) is 0.583. The minimum atomic E-state index is -1.11. The summed E-state index contributed by atoms with van der Waals surface area (Å²) in [5.41, 5.74) is 2.02. The fourth-order valence-corrected chi connectivity index (χ4v) is 6.19. The number of aliphatic hydroxyl groups is 1. The Morgan fingerprint density at radius 2 is 1.94 bits per heavy atom. The number of nitrogens with zero attached hydrogens (tertiary/aromatic N) is 3. The number of anilines is 2. The van der Waals surface area contributed by atoms with E-state index < -0.39 is 11.2 Å². The van der Waals surface area contributed by atoms with Crippen molar-refractivity contribution in [1.29, 1.82) is 0 Å². The lowest BCUT2D eigenvalue weighted by molar-refractivity contribution is 0.112. The molecular weight excluding hydrogens is 460 g/mol. The molecule has 0 aliphatic carbocycles. The van der Waals surface area contributed by atoms with Gasteiger partial charge in [-0.3, -0.25) is 0 Å². The molecule has 2 aromatic rings. The molecule has 7 nitrogen and oxygen atoms in total. The summed E-state index contributed by atoms with van der Waals surface area (Å²) in [6.07, 6.45) is 2.50. The van der Waals surface area contributed by atoms with E-state index >= 15 is 0 Å². The number of nitrogens with one attached hydrogen (secondary N) is 1. The van der Waals surface area contributed by atoms with Crippen LogP contribution in [0.2, 0.25) is 5.02 Å². The summed E-state index contributed by atoms with van der Waals surface area (Å²) in [5.74, 6) is 2.05. The van der Waals surface area contributed by atoms with E-state index in [0.717, 1.165) is 36.6 Å². The Labute approximate surface area is 204 Å². The number of halogens is 1. The molecule has 1 aromatic heterocycles. The molecule has 2 N–H and O–H groups in total. The van der Waals surface area contributed by atoms with Gasteiger partial charge in [-0.2, -0.15) is 4.98 Å². The second-order valence-electron chi connectivity index (χ2n) is 9.33. The minimum Gasteiger partial charge on any atom is -0.611 e. The first kappa shape index (κ1) is 24.5. The first-order chi connectivity index (χ1) is 15.9. The number of ether oxygens (including phenoxy) is 1. The van der Waals surface area contributed by atoms with Gasteiger partial charge >= 0.3 is 0 Å². The molecule has 3 heterocycles. The van der Waals surface area contributed by atoms with Gasteiger partial charge in [0, 0.05) is 37.1 Å². The van der Waals surface area contributed by atoms with Crippen LogP contribution in [0, 0.1) is 5.92 Å². The summed E-state index contributed by atoms with van der Waals surface area (Å²) in [7, 11) is 1.75. The van der Waals surface area contributed by atoms with E-state index in [2.05, 4.69) is 22.3 Å². The number of hydrogen-bond acceptors (Lipinski definition) is 7. The van der Waals surface area contributed by atoms with Crippen LogP contribution in [0.4, 0.5) is 11.8 Å². The van der Waals surface area contributed by atoms with Crippen molar-refractivity contribution in [3.05, 3.63) is 40.5 Å². The average Bonchev–Trinajstić information content (AvgIpc) is 3.19. The van der Waals surface area contributed by atoms with E-state index in [0.29, 0.717) is 35.4 Å². The molecule has 1 aromatic carbocycles. The second-order valence-corrected chi connectivity index (χ2v) is 11.3. The largest absolute Gasteiger partial charge is 0.611 e. The highest BCUT2D eigenvalue weighted by atomic mass is 35.5. The van der Waals surface area contributed by atoms with Gasteiger partial charge in [-0.15, -0.1) is 0 Å². The van der Waals surface area contributed by atoms with Crippen molar-refractivity contribution in [3.8, 4) is 0 Å². The molecule has 2 aliphatic rings. The molecule has 0 bridgehead atoms. The Balaban J connectivity index is 1.59. The Kier molecular flexibility index (Phi) is 7.70. The van der Waals surface area contributed by atoms with E-state index in [-0.39, 0.29) is 24.0 Å². The average molecular weight is 493 g/mol. The van der Waals surface area contributed by atoms with E-state index in [1.807, 2.05) is 26.0 Å². The normalized spacial score (nSPS) is 20.7. The van der Waals surface area contributed by atoms with E-state index in [1.54, 1.807) is 7.11 Å². The molecule has 2 aliphatic heterocycles. The van der Waals surface area contributed by atoms with E-state index in [1.165, 1.54) is 5.56 Å². The molecule has 0 radical (unpaired) electrons. The Morgan fingerprint density at radius 1 is 1.24 bits per heavy atom. The third-order valence-corrected chi connectivity index (χ3v) is 8.59. The van der Waals surface area contributed by atoms with Crippen LogP contribution in [0.3, 0.4) is 0 Å². The van der Waals surface area contributed by atoms with Crippen LogP contribution in [0.1, 0.15) is 37.9 Å². The molecule has 1 fully saturated rings. The van der Waals surface area contributed by atoms with Gasteiger partial charge < -0.3 is 24.6 Å². The lowest BCUT2D eigenvalue weighted by atomic mass is 9.73. The molecule has 33 heavy (non-hydrogen) atoms. The zero-order chi connectivity index (χ0) is 23.6. The minimum absolute atomic E-state index is 0.0112. The van der Waals surface area contributed by atoms with Gasteiger partial charge in [0.1, 0.15) is 11.4 Å². The third kappa shape index (κ3) is 5.10. The molecule has 9 heteroatoms. The summed E-state index contributed by atoms with van der Waals surface area (Å²) in [6, 6.07) is 7.92. The van der Waals surface area contributed by atoms with Crippen molar-refractivity contribution >= 4 is 34.5 Å². The van der Waals surface area contributed by atoms with Crippen LogP contribution in [-0.4, -0.2) is 64.8 Å². The highest BCUT2D eigenvalue weighted by molar-refractivity contribution is 7.91. The summed E-state index contributed by atoms with van der Waals surface area (Å²) < 4.78 is 18.3. The number of piperidine rings is 1. The van der Waals surface area contributed by atoms with Crippen LogP contribution in [0.15, 0.2) is 29.2 Å². The van der Waals surface area contributed by atoms with E-state index in [4.69, 9.17) is 26.3 Å². The zero-order valence-electron chi connectivity index (χ0n) is 19.5. The molecule has 2 atom stereocenters. The van der Waals surface area contributed by atoms with Crippen LogP contribution in [0.25, 0.3) is 0 Å². The number of benzene rings is 1. The predicted octanol–water partition coefficient (Wildman–Crippen LogP) is 3.41. The van der Waals surface area contributed by atoms with E-state index in [9.17, 15) is 9.66 Å². The Hall–Kier alpha value is -1.58. The van der Waals surface area contributed by atoms with Crippen LogP contribution >= 0.6 is 11.6 Å². The number of fused-ring (bicyclic) bond motifs is 1. The quantitative estimate of drug-likeness (QED) is 0.545. The van der Waals surface area contributed by atoms with Gasteiger partial charge in [0.2, 0.25) is 10.8 Å². The van der Waals surface area contributed by atoms with Gasteiger partial charge in [0.05, 0.1) is 19.3 Å². The lowest BCUT2D eigenvalue weighted by Gasteiger charge is -2.42. The molecule has 0 spiro atoms. The van der Waals surface area contributed by atoms with Gasteiger partial charge in [-0.25, -0.2) is 4.98 Å². The molecular formula is C24H33ClN4O3S. The standard InChI is InChI=1S/C24H33ClN4O3S/c1-16(2)20(14-30)26-22-21-19(8-13-33(21)31)27-23(28-22)29-11-9-24(10-12-29,15-32-3)17-4-6-18(25)7-5-17/h4-7,16,20,30H,8-15H2,1-3H3,(H,26,27,28)/t20-,33?/m0/s1. The maximum atomic E-state index is 12.6. The molecule has 1 unspecified atom stereocenters. The Morgan fingerprint density at radius 3 is 2.55 bits per heavy atom. The van der Waals surface area contributed by atoms with Crippen molar-refractivity contribution < 1.29 is 14.4 Å². The number of rotatable bonds is 8. The van der Waals surface area contributed by atoms with Crippen molar-refractivity contribution in [2.75, 3.05) is 49.4 Å².